The minimum absolute atomic E-state index is 0.681. The van der Waals surface area contributed by atoms with E-state index in [4.69, 9.17) is 9.79 Å². The van der Waals surface area contributed by atoms with Crippen molar-refractivity contribution in [3.63, 3.8) is 0 Å². The molecule has 2 N–H and O–H groups in total. The Kier molecular flexibility index (Phi) is 2.37. The van der Waals surface area contributed by atoms with Gasteiger partial charge in [-0.05, 0) is 6.08 Å². The lowest BCUT2D eigenvalue weighted by Gasteiger charge is -2.02. The molecule has 4 nitrogen and oxygen atoms in total. The molecule has 0 spiro atoms. The summed E-state index contributed by atoms with van der Waals surface area (Å²) in [6.45, 7) is 2.92. The summed E-state index contributed by atoms with van der Waals surface area (Å²) < 4.78 is 9.87. The van der Waals surface area contributed by atoms with Crippen LogP contribution in [0.3, 0.4) is 0 Å². The molecule has 0 aromatic rings. The van der Waals surface area contributed by atoms with Crippen molar-refractivity contribution in [2.75, 3.05) is 0 Å². The lowest BCUT2D eigenvalue weighted by atomic mass is 10.7. The van der Waals surface area contributed by atoms with Crippen molar-refractivity contribution in [2.24, 2.45) is 0 Å². The number of rotatable bonds is 2. The molecule has 0 aliphatic carbocycles. The predicted octanol–water partition coefficient (Wildman–Crippen LogP) is 0.107. The molecular formula is C3H6O4P. The van der Waals surface area contributed by atoms with Crippen LogP contribution in [0.5, 0.6) is 0 Å². The molecule has 8 heavy (non-hydrogen) atoms. The van der Waals surface area contributed by atoms with Gasteiger partial charge < -0.3 is 9.79 Å². The van der Waals surface area contributed by atoms with Crippen LogP contribution in [-0.2, 0) is 9.67 Å². The van der Waals surface area contributed by atoms with Crippen LogP contribution in [0.4, 0.5) is 0 Å². The summed E-state index contributed by atoms with van der Waals surface area (Å²) in [6, 6.07) is 0. The Bertz CT molecular complexity index is 125. The Balaban J connectivity index is 4.02. The molecule has 0 aromatic heterocycles. The van der Waals surface area contributed by atoms with Gasteiger partial charge in [0.15, 0.2) is 0 Å². The minimum Gasteiger partial charge on any atom is -0.322 e. The largest absolute Gasteiger partial charge is 0.361 e. The molecule has 0 fully saturated rings. The van der Waals surface area contributed by atoms with E-state index in [-0.39, 0.29) is 0 Å². The van der Waals surface area contributed by atoms with E-state index in [9.17, 15) is 9.67 Å². The maximum absolute atomic E-state index is 10.0. The van der Waals surface area contributed by atoms with Gasteiger partial charge in [-0.1, -0.05) is 6.58 Å². The standard InChI is InChI=1S/C3H6O4P/c1-2-3(4)8(5,6)7/h2-3H,1H2,(H2,5,6,7). The lowest BCUT2D eigenvalue weighted by molar-refractivity contribution is 0.160. The van der Waals surface area contributed by atoms with Gasteiger partial charge in [0.05, 0.1) is 0 Å². The van der Waals surface area contributed by atoms with E-state index in [1.54, 1.807) is 0 Å². The van der Waals surface area contributed by atoms with Crippen molar-refractivity contribution in [1.82, 2.24) is 0 Å². The Morgan fingerprint density at radius 3 is 2.00 bits per heavy atom. The zero-order chi connectivity index (χ0) is 6.78. The van der Waals surface area contributed by atoms with E-state index < -0.39 is 13.4 Å². The molecule has 0 amide bonds. The highest BCUT2D eigenvalue weighted by Gasteiger charge is 2.23. The second-order valence-electron chi connectivity index (χ2n) is 1.22. The monoisotopic (exact) mass is 137 g/mol. The third-order valence-corrected chi connectivity index (χ3v) is 1.41. The first-order valence-corrected chi connectivity index (χ1v) is 3.50. The third-order valence-electron chi connectivity index (χ3n) is 0.533. The van der Waals surface area contributed by atoms with Gasteiger partial charge in [0.1, 0.15) is 0 Å². The number of hydrogen-bond donors (Lipinski definition) is 2. The van der Waals surface area contributed by atoms with Crippen molar-refractivity contribution in [1.29, 1.82) is 0 Å². The SMILES string of the molecule is C=CC([O])P(=O)(O)O. The summed E-state index contributed by atoms with van der Waals surface area (Å²) in [5.41, 5.74) is 0. The van der Waals surface area contributed by atoms with Gasteiger partial charge >= 0.3 is 7.60 Å². The van der Waals surface area contributed by atoms with Crippen LogP contribution in [0, 0.1) is 0 Å². The van der Waals surface area contributed by atoms with Gasteiger partial charge in [-0.15, -0.1) is 0 Å². The fraction of sp³-hybridized carbons (Fsp3) is 0.333. The molecule has 0 aromatic carbocycles. The summed E-state index contributed by atoms with van der Waals surface area (Å²) in [5.74, 6) is -1.97. The zero-order valence-corrected chi connectivity index (χ0v) is 4.91. The van der Waals surface area contributed by atoms with Crippen molar-refractivity contribution in [3.05, 3.63) is 12.7 Å². The van der Waals surface area contributed by atoms with E-state index in [0.29, 0.717) is 6.08 Å². The Morgan fingerprint density at radius 2 is 2.00 bits per heavy atom. The Labute approximate surface area is 46.6 Å². The number of hydrogen-bond acceptors (Lipinski definition) is 1. The van der Waals surface area contributed by atoms with E-state index >= 15 is 0 Å². The quantitative estimate of drug-likeness (QED) is 0.418. The smallest absolute Gasteiger partial charge is 0.322 e. The van der Waals surface area contributed by atoms with E-state index in [2.05, 4.69) is 6.58 Å². The Morgan fingerprint density at radius 1 is 1.62 bits per heavy atom. The van der Waals surface area contributed by atoms with Crippen molar-refractivity contribution in [2.45, 2.75) is 5.85 Å². The fourth-order valence-electron chi connectivity index (χ4n) is 0.137. The summed E-state index contributed by atoms with van der Waals surface area (Å²) >= 11 is 0. The highest BCUT2D eigenvalue weighted by Crippen LogP contribution is 2.40. The molecule has 0 aliphatic rings. The first kappa shape index (κ1) is 7.85. The van der Waals surface area contributed by atoms with Crippen LogP contribution in [0.25, 0.3) is 0 Å². The average molecular weight is 137 g/mol. The average Bonchev–Trinajstić information content (AvgIpc) is 1.62. The molecule has 1 atom stereocenters. The molecule has 0 rings (SSSR count). The topological polar surface area (TPSA) is 77.4 Å². The lowest BCUT2D eigenvalue weighted by Crippen LogP contribution is -1.98. The molecule has 5 heteroatoms. The first-order chi connectivity index (χ1) is 3.48. The zero-order valence-electron chi connectivity index (χ0n) is 4.02. The van der Waals surface area contributed by atoms with Crippen molar-refractivity contribution in [3.8, 4) is 0 Å². The normalized spacial score (nSPS) is 15.4. The van der Waals surface area contributed by atoms with Crippen LogP contribution in [0.15, 0.2) is 12.7 Å². The first-order valence-electron chi connectivity index (χ1n) is 1.82. The van der Waals surface area contributed by atoms with E-state index in [0.717, 1.165) is 0 Å². The van der Waals surface area contributed by atoms with Gasteiger partial charge in [-0.2, -0.15) is 0 Å². The van der Waals surface area contributed by atoms with Crippen molar-refractivity contribution < 1.29 is 19.5 Å². The molecule has 47 valence electrons. The summed E-state index contributed by atoms with van der Waals surface area (Å²) in [7, 11) is -4.43. The van der Waals surface area contributed by atoms with Gasteiger partial charge in [-0.3, -0.25) is 4.57 Å². The summed E-state index contributed by atoms with van der Waals surface area (Å²) in [6.07, 6.45) is 0.681. The van der Waals surface area contributed by atoms with Crippen LogP contribution in [-0.4, -0.2) is 15.6 Å². The highest BCUT2D eigenvalue weighted by atomic mass is 31.2. The van der Waals surface area contributed by atoms with Crippen LogP contribution in [0.1, 0.15) is 0 Å². The molecule has 0 aliphatic heterocycles. The second kappa shape index (κ2) is 2.42. The molecular weight excluding hydrogens is 131 g/mol. The van der Waals surface area contributed by atoms with Gasteiger partial charge in [0.25, 0.3) is 0 Å². The van der Waals surface area contributed by atoms with Crippen LogP contribution < -0.4 is 0 Å². The summed E-state index contributed by atoms with van der Waals surface area (Å²) in [5, 5.41) is 10.0. The fourth-order valence-corrected chi connectivity index (χ4v) is 0.412. The summed E-state index contributed by atoms with van der Waals surface area (Å²) in [4.78, 5) is 16.0. The molecule has 0 heterocycles. The van der Waals surface area contributed by atoms with E-state index in [1.807, 2.05) is 0 Å². The minimum atomic E-state index is -4.43. The van der Waals surface area contributed by atoms with Gasteiger partial charge in [-0.25, -0.2) is 5.11 Å². The van der Waals surface area contributed by atoms with E-state index in [1.165, 1.54) is 0 Å². The maximum Gasteiger partial charge on any atom is 0.361 e. The maximum atomic E-state index is 10.0. The Hall–Kier alpha value is -0.150. The molecule has 1 unspecified atom stereocenters. The molecule has 0 saturated carbocycles. The van der Waals surface area contributed by atoms with Crippen LogP contribution in [0.2, 0.25) is 0 Å². The molecule has 1 radical (unpaired) electrons. The van der Waals surface area contributed by atoms with Crippen molar-refractivity contribution >= 4 is 7.60 Å². The third kappa shape index (κ3) is 2.23. The molecule has 0 saturated heterocycles. The van der Waals surface area contributed by atoms with Gasteiger partial charge in [0, 0.05) is 0 Å². The second-order valence-corrected chi connectivity index (χ2v) is 2.90. The van der Waals surface area contributed by atoms with Crippen LogP contribution >= 0.6 is 7.60 Å². The van der Waals surface area contributed by atoms with Gasteiger partial charge in [0.2, 0.25) is 5.85 Å². The highest BCUT2D eigenvalue weighted by molar-refractivity contribution is 7.52. The molecule has 0 bridgehead atoms. The predicted molar refractivity (Wildman–Crippen MR) is 26.7 cm³/mol.